The molecule has 0 aliphatic heterocycles. The van der Waals surface area contributed by atoms with Gasteiger partial charge < -0.3 is 10.4 Å². The lowest BCUT2D eigenvalue weighted by atomic mass is 10.0. The van der Waals surface area contributed by atoms with E-state index in [9.17, 15) is 17.6 Å². The number of aliphatic hydroxyl groups is 1. The van der Waals surface area contributed by atoms with E-state index in [2.05, 4.69) is 5.32 Å². The first-order chi connectivity index (χ1) is 9.85. The first kappa shape index (κ1) is 17.9. The maximum Gasteiger partial charge on any atom is 0.401 e. The second-order valence-electron chi connectivity index (χ2n) is 4.80. The molecule has 21 heavy (non-hydrogen) atoms. The van der Waals surface area contributed by atoms with Gasteiger partial charge in [-0.1, -0.05) is 12.1 Å². The van der Waals surface area contributed by atoms with Crippen LogP contribution in [0.1, 0.15) is 18.0 Å². The number of rotatable bonds is 8. The van der Waals surface area contributed by atoms with Gasteiger partial charge in [-0.05, 0) is 31.2 Å². The third-order valence-corrected chi connectivity index (χ3v) is 3.17. The molecule has 120 valence electrons. The second kappa shape index (κ2) is 8.31. The zero-order valence-corrected chi connectivity index (χ0v) is 11.8. The number of nitrogens with one attached hydrogen (secondary N) is 1. The van der Waals surface area contributed by atoms with Crippen LogP contribution in [0.15, 0.2) is 24.3 Å². The highest BCUT2D eigenvalue weighted by atomic mass is 19.4. The van der Waals surface area contributed by atoms with Crippen molar-refractivity contribution in [2.45, 2.75) is 18.6 Å². The lowest BCUT2D eigenvalue weighted by Crippen LogP contribution is -2.38. The van der Waals surface area contributed by atoms with Gasteiger partial charge in [-0.15, -0.1) is 0 Å². The Kier molecular flexibility index (Phi) is 7.07. The van der Waals surface area contributed by atoms with Crippen LogP contribution in [-0.2, 0) is 0 Å². The van der Waals surface area contributed by atoms with E-state index in [0.717, 1.165) is 10.5 Å². The van der Waals surface area contributed by atoms with Crippen molar-refractivity contribution in [2.75, 3.05) is 33.3 Å². The van der Waals surface area contributed by atoms with Crippen molar-refractivity contribution in [3.05, 3.63) is 35.6 Å². The fourth-order valence-electron chi connectivity index (χ4n) is 2.15. The Morgan fingerprint density at radius 3 is 2.29 bits per heavy atom. The molecule has 1 aromatic rings. The second-order valence-corrected chi connectivity index (χ2v) is 4.80. The molecule has 1 atom stereocenters. The molecule has 0 bridgehead atoms. The molecule has 0 aliphatic carbocycles. The molecule has 3 nitrogen and oxygen atoms in total. The molecule has 0 saturated heterocycles. The summed E-state index contributed by atoms with van der Waals surface area (Å²) < 4.78 is 50.1. The summed E-state index contributed by atoms with van der Waals surface area (Å²) in [7, 11) is 1.70. The summed E-state index contributed by atoms with van der Waals surface area (Å²) in [6.45, 7) is -1.22. The van der Waals surface area contributed by atoms with Gasteiger partial charge in [-0.3, -0.25) is 4.90 Å². The number of benzene rings is 1. The van der Waals surface area contributed by atoms with Crippen molar-refractivity contribution in [1.82, 2.24) is 10.2 Å². The van der Waals surface area contributed by atoms with Crippen LogP contribution >= 0.6 is 0 Å². The molecular formula is C14H20F4N2O. The van der Waals surface area contributed by atoms with Crippen molar-refractivity contribution in [3.63, 3.8) is 0 Å². The third-order valence-electron chi connectivity index (χ3n) is 3.17. The fraction of sp³-hybridized carbons (Fsp3) is 0.571. The lowest BCUT2D eigenvalue weighted by Gasteiger charge is -2.25. The van der Waals surface area contributed by atoms with Crippen LogP contribution in [0.2, 0.25) is 0 Å². The predicted molar refractivity (Wildman–Crippen MR) is 72.4 cm³/mol. The Hall–Kier alpha value is -1.18. The van der Waals surface area contributed by atoms with Gasteiger partial charge in [0, 0.05) is 19.1 Å². The Labute approximate surface area is 121 Å². The Balaban J connectivity index is 2.61. The van der Waals surface area contributed by atoms with Gasteiger partial charge in [0.05, 0.1) is 13.2 Å². The average Bonchev–Trinajstić information content (AvgIpc) is 2.39. The van der Waals surface area contributed by atoms with Crippen molar-refractivity contribution in [3.8, 4) is 0 Å². The minimum Gasteiger partial charge on any atom is -0.395 e. The van der Waals surface area contributed by atoms with Crippen LogP contribution in [0.3, 0.4) is 0 Å². The van der Waals surface area contributed by atoms with E-state index < -0.39 is 12.7 Å². The first-order valence-electron chi connectivity index (χ1n) is 6.68. The van der Waals surface area contributed by atoms with Gasteiger partial charge in [0.1, 0.15) is 5.82 Å². The minimum atomic E-state index is -4.29. The minimum absolute atomic E-state index is 0.0284. The zero-order valence-electron chi connectivity index (χ0n) is 11.8. The number of aliphatic hydroxyl groups excluding tert-OH is 1. The van der Waals surface area contributed by atoms with E-state index in [1.807, 2.05) is 0 Å². The molecule has 0 spiro atoms. The van der Waals surface area contributed by atoms with Crippen LogP contribution < -0.4 is 5.32 Å². The van der Waals surface area contributed by atoms with Crippen molar-refractivity contribution >= 4 is 0 Å². The highest BCUT2D eigenvalue weighted by Crippen LogP contribution is 2.20. The van der Waals surface area contributed by atoms with Crippen LogP contribution in [0.5, 0.6) is 0 Å². The number of alkyl halides is 3. The predicted octanol–water partition coefficient (Wildman–Crippen LogP) is 2.33. The molecule has 1 unspecified atom stereocenters. The van der Waals surface area contributed by atoms with E-state index in [1.54, 1.807) is 19.2 Å². The average molecular weight is 308 g/mol. The maximum atomic E-state index is 12.9. The summed E-state index contributed by atoms with van der Waals surface area (Å²) in [4.78, 5) is 1.16. The third kappa shape index (κ3) is 6.88. The van der Waals surface area contributed by atoms with Gasteiger partial charge in [0.15, 0.2) is 0 Å². The van der Waals surface area contributed by atoms with E-state index >= 15 is 0 Å². The SMILES string of the molecule is CNC(CCN(CCO)CC(F)(F)F)c1ccc(F)cc1. The normalized spacial score (nSPS) is 13.7. The quantitative estimate of drug-likeness (QED) is 0.724. The number of halogens is 4. The summed E-state index contributed by atoms with van der Waals surface area (Å²) in [5, 5.41) is 11.8. The van der Waals surface area contributed by atoms with Gasteiger partial charge in [0.25, 0.3) is 0 Å². The van der Waals surface area contributed by atoms with Crippen LogP contribution in [0.25, 0.3) is 0 Å². The van der Waals surface area contributed by atoms with E-state index in [-0.39, 0.29) is 31.6 Å². The summed E-state index contributed by atoms with van der Waals surface area (Å²) in [6.07, 6.45) is -3.86. The van der Waals surface area contributed by atoms with E-state index in [0.29, 0.717) is 6.42 Å². The first-order valence-corrected chi connectivity index (χ1v) is 6.68. The summed E-state index contributed by atoms with van der Waals surface area (Å²) in [5.74, 6) is -0.354. The van der Waals surface area contributed by atoms with Gasteiger partial charge in [0.2, 0.25) is 0 Å². The van der Waals surface area contributed by atoms with Gasteiger partial charge >= 0.3 is 6.18 Å². The highest BCUT2D eigenvalue weighted by molar-refractivity contribution is 5.19. The molecule has 7 heteroatoms. The molecule has 2 N–H and O–H groups in total. The molecule has 0 heterocycles. The van der Waals surface area contributed by atoms with Crippen molar-refractivity contribution in [1.29, 1.82) is 0 Å². The van der Waals surface area contributed by atoms with Crippen LogP contribution in [0, 0.1) is 5.82 Å². The summed E-state index contributed by atoms with van der Waals surface area (Å²) in [6, 6.07) is 5.69. The standard InChI is InChI=1S/C14H20F4N2O/c1-19-13(11-2-4-12(15)5-3-11)6-7-20(8-9-21)10-14(16,17)18/h2-5,13,19,21H,6-10H2,1H3. The highest BCUT2D eigenvalue weighted by Gasteiger charge is 2.30. The molecule has 0 saturated carbocycles. The smallest absolute Gasteiger partial charge is 0.395 e. The fourth-order valence-corrected chi connectivity index (χ4v) is 2.15. The molecule has 1 rings (SSSR count). The van der Waals surface area contributed by atoms with Crippen LogP contribution in [-0.4, -0.2) is 49.5 Å². The van der Waals surface area contributed by atoms with Gasteiger partial charge in [-0.25, -0.2) is 4.39 Å². The molecule has 0 aliphatic rings. The Morgan fingerprint density at radius 2 is 1.81 bits per heavy atom. The van der Waals surface area contributed by atoms with Crippen LogP contribution in [0.4, 0.5) is 17.6 Å². The number of nitrogens with zero attached hydrogens (tertiary/aromatic N) is 1. The molecular weight excluding hydrogens is 288 g/mol. The number of hydrogen-bond donors (Lipinski definition) is 2. The molecule has 0 amide bonds. The van der Waals surface area contributed by atoms with E-state index in [1.165, 1.54) is 12.1 Å². The largest absolute Gasteiger partial charge is 0.401 e. The maximum absolute atomic E-state index is 12.9. The van der Waals surface area contributed by atoms with Crippen molar-refractivity contribution in [2.24, 2.45) is 0 Å². The molecule has 0 radical (unpaired) electrons. The van der Waals surface area contributed by atoms with Gasteiger partial charge in [-0.2, -0.15) is 13.2 Å². The lowest BCUT2D eigenvalue weighted by molar-refractivity contribution is -0.147. The topological polar surface area (TPSA) is 35.5 Å². The molecule has 1 aromatic carbocycles. The molecule has 0 aromatic heterocycles. The van der Waals surface area contributed by atoms with E-state index in [4.69, 9.17) is 5.11 Å². The number of hydrogen-bond acceptors (Lipinski definition) is 3. The van der Waals surface area contributed by atoms with Crippen molar-refractivity contribution < 1.29 is 22.7 Å². The summed E-state index contributed by atoms with van der Waals surface area (Å²) in [5.41, 5.74) is 0.815. The molecule has 0 fully saturated rings. The Bertz CT molecular complexity index is 408. The zero-order chi connectivity index (χ0) is 15.9. The monoisotopic (exact) mass is 308 g/mol. The summed E-state index contributed by atoms with van der Waals surface area (Å²) >= 11 is 0. The Morgan fingerprint density at radius 1 is 1.19 bits per heavy atom.